The van der Waals surface area contributed by atoms with Gasteiger partial charge in [-0.05, 0) is 47.5 Å². The lowest BCUT2D eigenvalue weighted by molar-refractivity contribution is 0.414. The summed E-state index contributed by atoms with van der Waals surface area (Å²) in [5.74, 6) is 2.29. The van der Waals surface area contributed by atoms with Crippen LogP contribution in [-0.4, -0.2) is 40.4 Å². The Morgan fingerprint density at radius 1 is 0.778 bits per heavy atom. The molecule has 0 saturated heterocycles. The van der Waals surface area contributed by atoms with Crippen molar-refractivity contribution in [2.24, 2.45) is 0 Å². The van der Waals surface area contributed by atoms with Crippen molar-refractivity contribution in [3.05, 3.63) is 105 Å². The number of nitrogens with one attached hydrogen (secondary N) is 2. The van der Waals surface area contributed by atoms with E-state index < -0.39 is 11.4 Å². The van der Waals surface area contributed by atoms with Gasteiger partial charge in [-0.3, -0.25) is 4.57 Å². The van der Waals surface area contributed by atoms with Gasteiger partial charge in [-0.15, -0.1) is 0 Å². The summed E-state index contributed by atoms with van der Waals surface area (Å²) in [5.41, 5.74) is 1.26. The number of nitrogens with zero attached hydrogens (tertiary/aromatic N) is 4. The van der Waals surface area contributed by atoms with Gasteiger partial charge < -0.3 is 20.1 Å². The van der Waals surface area contributed by atoms with Crippen LogP contribution in [0.2, 0.25) is 0 Å². The first-order valence-corrected chi connectivity index (χ1v) is 11.4. The van der Waals surface area contributed by atoms with Gasteiger partial charge in [-0.2, -0.15) is 4.98 Å². The van der Waals surface area contributed by atoms with Gasteiger partial charge in [0.2, 0.25) is 5.95 Å². The Labute approximate surface area is 208 Å². The van der Waals surface area contributed by atoms with Crippen LogP contribution in [0.3, 0.4) is 0 Å². The Morgan fingerprint density at radius 2 is 1.36 bits per heavy atom. The molecule has 0 fully saturated rings. The summed E-state index contributed by atoms with van der Waals surface area (Å²) in [5, 5.41) is 6.11. The molecule has 0 unspecified atom stereocenters. The molecule has 2 aromatic carbocycles. The summed E-state index contributed by atoms with van der Waals surface area (Å²) in [7, 11) is 4.96. The van der Waals surface area contributed by atoms with Crippen molar-refractivity contribution < 1.29 is 9.47 Å². The summed E-state index contributed by atoms with van der Waals surface area (Å²) in [6, 6.07) is 20.1. The molecule has 0 radical (unpaired) electrons. The van der Waals surface area contributed by atoms with E-state index in [0.29, 0.717) is 17.3 Å². The summed E-state index contributed by atoms with van der Waals surface area (Å²) in [6.07, 6.45) is 0. The van der Waals surface area contributed by atoms with E-state index >= 15 is 0 Å². The molecule has 186 valence electrons. The van der Waals surface area contributed by atoms with Crippen molar-refractivity contribution in [2.45, 2.75) is 19.6 Å². The van der Waals surface area contributed by atoms with E-state index in [2.05, 4.69) is 20.6 Å². The molecule has 4 rings (SSSR count). The Hall–Kier alpha value is -4.60. The van der Waals surface area contributed by atoms with Crippen molar-refractivity contribution >= 4 is 11.8 Å². The Balaban J connectivity index is 1.69. The molecule has 2 aromatic heterocycles. The number of methoxy groups -OCH3 is 2. The van der Waals surface area contributed by atoms with Gasteiger partial charge in [0.15, 0.2) is 0 Å². The van der Waals surface area contributed by atoms with E-state index in [1.54, 1.807) is 33.4 Å². The van der Waals surface area contributed by atoms with E-state index in [0.717, 1.165) is 21.4 Å². The average molecular weight is 489 g/mol. The first-order valence-electron chi connectivity index (χ1n) is 11.4. The maximum absolute atomic E-state index is 13.5. The highest BCUT2D eigenvalue weighted by Crippen LogP contribution is 2.14. The van der Waals surface area contributed by atoms with Gasteiger partial charge in [0.05, 0.1) is 39.5 Å². The number of benzene rings is 2. The SMILES string of the molecule is CNc1cccc(CNc2nc(=O)n(Cc3ccc(OC)cc3)c(=O)n2Cc2ccc(OC)cc2)n1. The van der Waals surface area contributed by atoms with E-state index in [1.165, 1.54) is 4.57 Å². The third-order valence-electron chi connectivity index (χ3n) is 5.64. The summed E-state index contributed by atoms with van der Waals surface area (Å²) in [4.78, 5) is 35.2. The molecule has 0 aliphatic rings. The zero-order chi connectivity index (χ0) is 25.5. The molecule has 0 aliphatic carbocycles. The fourth-order valence-corrected chi connectivity index (χ4v) is 3.66. The van der Waals surface area contributed by atoms with E-state index in [-0.39, 0.29) is 25.6 Å². The normalized spacial score (nSPS) is 10.6. The van der Waals surface area contributed by atoms with Crippen LogP contribution in [0.1, 0.15) is 16.8 Å². The zero-order valence-electron chi connectivity index (χ0n) is 20.4. The molecule has 0 atom stereocenters. The molecule has 0 amide bonds. The molecular weight excluding hydrogens is 460 g/mol. The number of anilines is 2. The van der Waals surface area contributed by atoms with Gasteiger partial charge in [0, 0.05) is 7.05 Å². The molecule has 0 spiro atoms. The van der Waals surface area contributed by atoms with Crippen molar-refractivity contribution in [2.75, 3.05) is 31.9 Å². The second-order valence-electron chi connectivity index (χ2n) is 7.99. The topological polar surface area (TPSA) is 112 Å². The highest BCUT2D eigenvalue weighted by atomic mass is 16.5. The van der Waals surface area contributed by atoms with Crippen molar-refractivity contribution in [3.63, 3.8) is 0 Å². The van der Waals surface area contributed by atoms with Crippen molar-refractivity contribution in [1.82, 2.24) is 19.1 Å². The third kappa shape index (κ3) is 5.72. The highest BCUT2D eigenvalue weighted by molar-refractivity contribution is 5.36. The molecule has 2 N–H and O–H groups in total. The molecule has 0 saturated carbocycles. The maximum Gasteiger partial charge on any atom is 0.355 e. The van der Waals surface area contributed by atoms with Crippen molar-refractivity contribution in [3.8, 4) is 11.5 Å². The smallest absolute Gasteiger partial charge is 0.355 e. The second kappa shape index (κ2) is 11.2. The summed E-state index contributed by atoms with van der Waals surface area (Å²) < 4.78 is 13.0. The lowest BCUT2D eigenvalue weighted by Gasteiger charge is -2.16. The molecule has 36 heavy (non-hydrogen) atoms. The second-order valence-corrected chi connectivity index (χ2v) is 7.99. The molecule has 2 heterocycles. The first kappa shape index (κ1) is 24.5. The van der Waals surface area contributed by atoms with Crippen LogP contribution in [0.5, 0.6) is 11.5 Å². The van der Waals surface area contributed by atoms with E-state index in [1.807, 2.05) is 54.6 Å². The summed E-state index contributed by atoms with van der Waals surface area (Å²) in [6.45, 7) is 0.584. The minimum Gasteiger partial charge on any atom is -0.497 e. The molecule has 4 aromatic rings. The Bertz CT molecular complexity index is 1430. The van der Waals surface area contributed by atoms with Crippen LogP contribution >= 0.6 is 0 Å². The van der Waals surface area contributed by atoms with E-state index in [4.69, 9.17) is 9.47 Å². The minimum atomic E-state index is -0.638. The lowest BCUT2D eigenvalue weighted by Crippen LogP contribution is -2.43. The highest BCUT2D eigenvalue weighted by Gasteiger charge is 2.15. The minimum absolute atomic E-state index is 0.0866. The Kier molecular flexibility index (Phi) is 7.64. The number of ether oxygens (including phenoxy) is 2. The predicted molar refractivity (Wildman–Crippen MR) is 138 cm³/mol. The monoisotopic (exact) mass is 488 g/mol. The number of pyridine rings is 1. The van der Waals surface area contributed by atoms with Crippen LogP contribution in [0, 0.1) is 0 Å². The predicted octanol–water partition coefficient (Wildman–Crippen LogP) is 2.57. The standard InChI is InChI=1S/C26H28N6O4/c1-27-23-6-4-5-20(29-23)15-28-24-30-25(33)32(17-19-9-13-22(36-3)14-10-19)26(34)31(24)16-18-7-11-21(35-2)12-8-18/h4-14H,15-17H2,1-3H3,(H,27,29)(H,28,30,33). The van der Waals surface area contributed by atoms with Gasteiger partial charge in [-0.1, -0.05) is 30.3 Å². The molecule has 0 bridgehead atoms. The molecule has 10 heteroatoms. The number of hydrogen-bond acceptors (Lipinski definition) is 8. The molecular formula is C26H28N6O4. The fourth-order valence-electron chi connectivity index (χ4n) is 3.66. The first-order chi connectivity index (χ1) is 17.5. The average Bonchev–Trinajstić information content (AvgIpc) is 2.92. The lowest BCUT2D eigenvalue weighted by atomic mass is 10.2. The van der Waals surface area contributed by atoms with Gasteiger partial charge >= 0.3 is 11.4 Å². The quantitative estimate of drug-likeness (QED) is 0.350. The van der Waals surface area contributed by atoms with Crippen LogP contribution < -0.4 is 31.5 Å². The fraction of sp³-hybridized carbons (Fsp3) is 0.231. The number of hydrogen-bond donors (Lipinski definition) is 2. The summed E-state index contributed by atoms with van der Waals surface area (Å²) >= 11 is 0. The molecule has 0 aliphatic heterocycles. The Morgan fingerprint density at radius 3 is 1.92 bits per heavy atom. The maximum atomic E-state index is 13.5. The van der Waals surface area contributed by atoms with Gasteiger partial charge in [0.1, 0.15) is 17.3 Å². The van der Waals surface area contributed by atoms with Crippen LogP contribution in [-0.2, 0) is 19.6 Å². The molecule has 10 nitrogen and oxygen atoms in total. The van der Waals surface area contributed by atoms with Crippen molar-refractivity contribution in [1.29, 1.82) is 0 Å². The van der Waals surface area contributed by atoms with Gasteiger partial charge in [0.25, 0.3) is 0 Å². The largest absolute Gasteiger partial charge is 0.497 e. The van der Waals surface area contributed by atoms with E-state index in [9.17, 15) is 9.59 Å². The number of rotatable bonds is 10. The zero-order valence-corrected chi connectivity index (χ0v) is 20.4. The third-order valence-corrected chi connectivity index (χ3v) is 5.64. The van der Waals surface area contributed by atoms with Crippen LogP contribution in [0.15, 0.2) is 76.3 Å². The van der Waals surface area contributed by atoms with Gasteiger partial charge in [-0.25, -0.2) is 19.1 Å². The van der Waals surface area contributed by atoms with Crippen LogP contribution in [0.25, 0.3) is 0 Å². The number of aromatic nitrogens is 4. The van der Waals surface area contributed by atoms with Crippen LogP contribution in [0.4, 0.5) is 11.8 Å².